The average molecular weight is 152 g/mol. The number of non-ortho nitro benzene ring substituents is 1. The number of nitro groups is 1. The molecule has 1 aromatic rings. The van der Waals surface area contributed by atoms with Crippen LogP contribution in [-0.2, 0) is 0 Å². The molecular formula is C7H6NO3. The van der Waals surface area contributed by atoms with Crippen molar-refractivity contribution in [3.8, 4) is 5.75 Å². The molecule has 0 fully saturated rings. The van der Waals surface area contributed by atoms with E-state index in [0.717, 1.165) is 0 Å². The van der Waals surface area contributed by atoms with Gasteiger partial charge in [-0.2, -0.15) is 0 Å². The summed E-state index contributed by atoms with van der Waals surface area (Å²) in [6.07, 6.45) is 0. The second-order valence-corrected chi connectivity index (χ2v) is 1.90. The molecule has 57 valence electrons. The summed E-state index contributed by atoms with van der Waals surface area (Å²) in [4.78, 5) is 9.72. The van der Waals surface area contributed by atoms with Crippen molar-refractivity contribution in [2.75, 3.05) is 0 Å². The minimum absolute atomic E-state index is 0.00569. The monoisotopic (exact) mass is 152 g/mol. The third-order valence-corrected chi connectivity index (χ3v) is 1.20. The van der Waals surface area contributed by atoms with E-state index in [0.29, 0.717) is 5.75 Å². The number of hydrogen-bond acceptors (Lipinski definition) is 3. The molecule has 0 saturated heterocycles. The van der Waals surface area contributed by atoms with Gasteiger partial charge in [-0.1, -0.05) is 6.07 Å². The molecule has 0 spiro atoms. The molecule has 0 aliphatic rings. The van der Waals surface area contributed by atoms with Gasteiger partial charge >= 0.3 is 0 Å². The predicted octanol–water partition coefficient (Wildman–Crippen LogP) is 1.77. The Hall–Kier alpha value is -1.58. The van der Waals surface area contributed by atoms with Gasteiger partial charge in [-0.25, -0.2) is 0 Å². The molecule has 4 nitrogen and oxygen atoms in total. The SMILES string of the molecule is [CH2]Oc1cccc([N+](=O)[O-])c1. The summed E-state index contributed by atoms with van der Waals surface area (Å²) >= 11 is 0. The van der Waals surface area contributed by atoms with Crippen LogP contribution in [0.3, 0.4) is 0 Å². The number of nitro benzene ring substituents is 1. The van der Waals surface area contributed by atoms with E-state index in [9.17, 15) is 10.1 Å². The minimum Gasteiger partial charge on any atom is -0.490 e. The fourth-order valence-corrected chi connectivity index (χ4v) is 0.687. The lowest BCUT2D eigenvalue weighted by Gasteiger charge is -1.96. The number of nitrogens with zero attached hydrogens (tertiary/aromatic N) is 1. The van der Waals surface area contributed by atoms with Crippen molar-refractivity contribution >= 4 is 5.69 Å². The summed E-state index contributed by atoms with van der Waals surface area (Å²) in [7, 11) is 3.13. The van der Waals surface area contributed by atoms with Gasteiger partial charge in [-0.05, 0) is 6.07 Å². The van der Waals surface area contributed by atoms with Crippen LogP contribution >= 0.6 is 0 Å². The number of ether oxygens (including phenoxy) is 1. The van der Waals surface area contributed by atoms with Gasteiger partial charge in [0, 0.05) is 6.07 Å². The molecule has 4 heteroatoms. The standard InChI is InChI=1S/C7H6NO3/c1-11-7-4-2-3-6(5-7)8(9)10/h2-5H,1H2. The van der Waals surface area contributed by atoms with Crippen LogP contribution in [0, 0.1) is 17.2 Å². The number of benzene rings is 1. The molecule has 0 unspecified atom stereocenters. The zero-order valence-electron chi connectivity index (χ0n) is 5.69. The summed E-state index contributed by atoms with van der Waals surface area (Å²) in [5, 5.41) is 10.2. The third-order valence-electron chi connectivity index (χ3n) is 1.20. The fraction of sp³-hybridized carbons (Fsp3) is 0. The van der Waals surface area contributed by atoms with E-state index >= 15 is 0 Å². The van der Waals surface area contributed by atoms with Crippen molar-refractivity contribution in [2.24, 2.45) is 0 Å². The Balaban J connectivity index is 3.01. The molecule has 0 aliphatic carbocycles. The zero-order valence-corrected chi connectivity index (χ0v) is 5.69. The second-order valence-electron chi connectivity index (χ2n) is 1.90. The molecule has 1 rings (SSSR count). The van der Waals surface area contributed by atoms with Crippen LogP contribution in [0.1, 0.15) is 0 Å². The smallest absolute Gasteiger partial charge is 0.273 e. The van der Waals surface area contributed by atoms with Crippen LogP contribution in [-0.4, -0.2) is 4.92 Å². The highest BCUT2D eigenvalue weighted by molar-refractivity contribution is 5.37. The fourth-order valence-electron chi connectivity index (χ4n) is 0.687. The van der Waals surface area contributed by atoms with Gasteiger partial charge in [0.25, 0.3) is 5.69 Å². The van der Waals surface area contributed by atoms with Gasteiger partial charge in [0.2, 0.25) is 0 Å². The Kier molecular flexibility index (Phi) is 2.06. The maximum atomic E-state index is 10.2. The molecule has 0 saturated carbocycles. The van der Waals surface area contributed by atoms with E-state index in [4.69, 9.17) is 0 Å². The van der Waals surface area contributed by atoms with Crippen LogP contribution in [0.15, 0.2) is 24.3 Å². The molecule has 0 amide bonds. The minimum atomic E-state index is -0.484. The highest BCUT2D eigenvalue weighted by atomic mass is 16.6. The van der Waals surface area contributed by atoms with E-state index in [2.05, 4.69) is 11.8 Å². The van der Waals surface area contributed by atoms with E-state index in [1.54, 1.807) is 12.1 Å². The maximum Gasteiger partial charge on any atom is 0.273 e. The van der Waals surface area contributed by atoms with Gasteiger partial charge in [0.15, 0.2) is 0 Å². The maximum absolute atomic E-state index is 10.2. The molecule has 0 aromatic heterocycles. The van der Waals surface area contributed by atoms with Crippen LogP contribution < -0.4 is 4.74 Å². The van der Waals surface area contributed by atoms with Crippen molar-refractivity contribution < 1.29 is 9.66 Å². The van der Waals surface area contributed by atoms with E-state index in [1.807, 2.05) is 0 Å². The quantitative estimate of drug-likeness (QED) is 0.479. The van der Waals surface area contributed by atoms with E-state index in [-0.39, 0.29) is 5.69 Å². The first-order valence-corrected chi connectivity index (χ1v) is 2.90. The summed E-state index contributed by atoms with van der Waals surface area (Å²) in [6, 6.07) is 5.84. The molecule has 1 aromatic carbocycles. The molecule has 0 aliphatic heterocycles. The summed E-state index contributed by atoms with van der Waals surface area (Å²) in [5.41, 5.74) is 0.00569. The molecule has 0 bridgehead atoms. The van der Waals surface area contributed by atoms with Crippen molar-refractivity contribution in [2.45, 2.75) is 0 Å². The molecule has 0 atom stereocenters. The van der Waals surface area contributed by atoms with Gasteiger partial charge in [-0.15, -0.1) is 0 Å². The van der Waals surface area contributed by atoms with Crippen molar-refractivity contribution in [3.05, 3.63) is 41.5 Å². The Morgan fingerprint density at radius 2 is 2.27 bits per heavy atom. The van der Waals surface area contributed by atoms with Crippen molar-refractivity contribution in [3.63, 3.8) is 0 Å². The molecule has 11 heavy (non-hydrogen) atoms. The van der Waals surface area contributed by atoms with Gasteiger partial charge in [0.05, 0.1) is 11.0 Å². The Morgan fingerprint density at radius 3 is 2.82 bits per heavy atom. The number of rotatable bonds is 2. The Bertz CT molecular complexity index is 272. The van der Waals surface area contributed by atoms with Gasteiger partial charge in [-0.3, -0.25) is 10.1 Å². The summed E-state index contributed by atoms with van der Waals surface area (Å²) < 4.78 is 4.55. The third kappa shape index (κ3) is 1.67. The Morgan fingerprint density at radius 1 is 1.55 bits per heavy atom. The van der Waals surface area contributed by atoms with Gasteiger partial charge in [0.1, 0.15) is 12.9 Å². The highest BCUT2D eigenvalue weighted by Crippen LogP contribution is 2.18. The molecule has 0 N–H and O–H groups in total. The van der Waals surface area contributed by atoms with Crippen molar-refractivity contribution in [1.29, 1.82) is 0 Å². The first-order chi connectivity index (χ1) is 5.24. The van der Waals surface area contributed by atoms with E-state index < -0.39 is 4.92 Å². The predicted molar refractivity (Wildman–Crippen MR) is 39.1 cm³/mol. The van der Waals surface area contributed by atoms with Crippen molar-refractivity contribution in [1.82, 2.24) is 0 Å². The average Bonchev–Trinajstić information content (AvgIpc) is 2.05. The lowest BCUT2D eigenvalue weighted by molar-refractivity contribution is -0.384. The zero-order chi connectivity index (χ0) is 8.27. The molecule has 0 heterocycles. The second kappa shape index (κ2) is 3.01. The normalized spacial score (nSPS) is 9.18. The van der Waals surface area contributed by atoms with Crippen LogP contribution in [0.25, 0.3) is 0 Å². The van der Waals surface area contributed by atoms with Crippen LogP contribution in [0.2, 0.25) is 0 Å². The Labute approximate surface area is 63.6 Å². The van der Waals surface area contributed by atoms with Crippen LogP contribution in [0.4, 0.5) is 5.69 Å². The highest BCUT2D eigenvalue weighted by Gasteiger charge is 2.04. The largest absolute Gasteiger partial charge is 0.490 e. The first-order valence-electron chi connectivity index (χ1n) is 2.90. The van der Waals surface area contributed by atoms with Crippen LogP contribution in [0.5, 0.6) is 5.75 Å². The topological polar surface area (TPSA) is 52.4 Å². The lowest BCUT2D eigenvalue weighted by atomic mass is 10.3. The summed E-state index contributed by atoms with van der Waals surface area (Å²) in [5.74, 6) is 0.388. The lowest BCUT2D eigenvalue weighted by Crippen LogP contribution is -1.87. The van der Waals surface area contributed by atoms with E-state index in [1.165, 1.54) is 12.1 Å². The summed E-state index contributed by atoms with van der Waals surface area (Å²) in [6.45, 7) is 0. The number of hydrogen-bond donors (Lipinski definition) is 0. The van der Waals surface area contributed by atoms with Gasteiger partial charge < -0.3 is 4.74 Å². The molecular weight excluding hydrogens is 146 g/mol. The first kappa shape index (κ1) is 7.53. The molecule has 1 radical (unpaired) electrons.